The summed E-state index contributed by atoms with van der Waals surface area (Å²) in [5.41, 5.74) is 1.05. The molecular formula is C12H19BrOS. The highest BCUT2D eigenvalue weighted by Crippen LogP contribution is 2.30. The number of unbranched alkanes of at least 4 members (excludes halogenated alkanes) is 4. The van der Waals surface area contributed by atoms with Gasteiger partial charge in [-0.1, -0.05) is 39.0 Å². The van der Waals surface area contributed by atoms with Gasteiger partial charge in [-0.05, 0) is 27.7 Å². The minimum absolute atomic E-state index is 0.285. The van der Waals surface area contributed by atoms with Gasteiger partial charge in [-0.3, -0.25) is 0 Å². The molecule has 0 amide bonds. The summed E-state index contributed by atoms with van der Waals surface area (Å²) in [6, 6.07) is 0. The molecule has 0 saturated carbocycles. The van der Waals surface area contributed by atoms with Crippen LogP contribution in [0.15, 0.2) is 15.2 Å². The summed E-state index contributed by atoms with van der Waals surface area (Å²) in [6.45, 7) is 2.22. The van der Waals surface area contributed by atoms with E-state index in [0.29, 0.717) is 0 Å². The van der Waals surface area contributed by atoms with Crippen molar-refractivity contribution in [2.45, 2.75) is 51.6 Å². The lowest BCUT2D eigenvalue weighted by molar-refractivity contribution is 0.163. The predicted octanol–water partition coefficient (Wildman–Crippen LogP) is 4.90. The van der Waals surface area contributed by atoms with Crippen molar-refractivity contribution < 1.29 is 5.11 Å². The van der Waals surface area contributed by atoms with Gasteiger partial charge in [-0.15, -0.1) is 0 Å². The van der Waals surface area contributed by atoms with E-state index in [0.717, 1.165) is 22.9 Å². The molecule has 0 spiro atoms. The van der Waals surface area contributed by atoms with Crippen molar-refractivity contribution >= 4 is 27.3 Å². The Bertz CT molecular complexity index is 272. The van der Waals surface area contributed by atoms with Crippen LogP contribution in [0, 0.1) is 0 Å². The molecule has 1 atom stereocenters. The van der Waals surface area contributed by atoms with Crippen LogP contribution < -0.4 is 0 Å². The molecule has 1 N–H and O–H groups in total. The van der Waals surface area contributed by atoms with Gasteiger partial charge in [0.05, 0.1) is 6.10 Å². The van der Waals surface area contributed by atoms with Gasteiger partial charge in [0.25, 0.3) is 0 Å². The maximum absolute atomic E-state index is 9.92. The summed E-state index contributed by atoms with van der Waals surface area (Å²) in [5, 5.41) is 14.0. The molecular weight excluding hydrogens is 272 g/mol. The molecule has 1 aromatic heterocycles. The van der Waals surface area contributed by atoms with Crippen LogP contribution in [-0.4, -0.2) is 5.11 Å². The fourth-order valence-electron chi connectivity index (χ4n) is 1.63. The van der Waals surface area contributed by atoms with E-state index in [2.05, 4.69) is 22.9 Å². The number of rotatable bonds is 7. The minimum Gasteiger partial charge on any atom is -0.388 e. The van der Waals surface area contributed by atoms with Crippen molar-refractivity contribution in [1.29, 1.82) is 0 Å². The Morgan fingerprint density at radius 1 is 1.27 bits per heavy atom. The zero-order valence-electron chi connectivity index (χ0n) is 9.21. The summed E-state index contributed by atoms with van der Waals surface area (Å²) in [4.78, 5) is 0. The van der Waals surface area contributed by atoms with E-state index in [1.54, 1.807) is 11.3 Å². The Hall–Kier alpha value is 0.140. The molecule has 0 aliphatic rings. The Balaban J connectivity index is 2.19. The first-order valence-electron chi connectivity index (χ1n) is 5.65. The average molecular weight is 291 g/mol. The lowest BCUT2D eigenvalue weighted by Gasteiger charge is -2.09. The Kier molecular flexibility index (Phi) is 6.53. The highest BCUT2D eigenvalue weighted by molar-refractivity contribution is 9.10. The second kappa shape index (κ2) is 7.42. The number of thiophene rings is 1. The minimum atomic E-state index is -0.285. The van der Waals surface area contributed by atoms with Gasteiger partial charge in [-0.25, -0.2) is 0 Å². The molecule has 1 heterocycles. The standard InChI is InChI=1S/C12H19BrOS/c1-2-3-4-5-6-7-12(14)10-8-15-9-11(10)13/h8-9,12,14H,2-7H2,1H3. The molecule has 15 heavy (non-hydrogen) atoms. The van der Waals surface area contributed by atoms with Gasteiger partial charge >= 0.3 is 0 Å². The van der Waals surface area contributed by atoms with Crippen LogP contribution in [0.3, 0.4) is 0 Å². The van der Waals surface area contributed by atoms with Crippen molar-refractivity contribution in [3.8, 4) is 0 Å². The zero-order chi connectivity index (χ0) is 11.1. The normalized spacial score (nSPS) is 13.0. The molecule has 0 aliphatic carbocycles. The molecule has 1 rings (SSSR count). The highest BCUT2D eigenvalue weighted by atomic mass is 79.9. The van der Waals surface area contributed by atoms with Gasteiger partial charge in [0.2, 0.25) is 0 Å². The molecule has 0 saturated heterocycles. The Labute approximate surface area is 105 Å². The zero-order valence-corrected chi connectivity index (χ0v) is 11.6. The number of hydrogen-bond acceptors (Lipinski definition) is 2. The van der Waals surface area contributed by atoms with Crippen molar-refractivity contribution in [3.63, 3.8) is 0 Å². The van der Waals surface area contributed by atoms with E-state index < -0.39 is 0 Å². The van der Waals surface area contributed by atoms with Crippen LogP contribution in [-0.2, 0) is 0 Å². The lowest BCUT2D eigenvalue weighted by Crippen LogP contribution is -1.96. The topological polar surface area (TPSA) is 20.2 Å². The third-order valence-electron chi connectivity index (χ3n) is 2.58. The second-order valence-corrected chi connectivity index (χ2v) is 5.49. The molecule has 0 fully saturated rings. The lowest BCUT2D eigenvalue weighted by atomic mass is 10.0. The average Bonchev–Trinajstić information content (AvgIpc) is 2.64. The Morgan fingerprint density at radius 3 is 2.60 bits per heavy atom. The molecule has 0 aliphatic heterocycles. The number of aliphatic hydroxyl groups excluding tert-OH is 1. The van der Waals surface area contributed by atoms with E-state index in [1.807, 2.05) is 10.8 Å². The molecule has 0 aromatic carbocycles. The summed E-state index contributed by atoms with van der Waals surface area (Å²) in [6.07, 6.45) is 6.87. The Morgan fingerprint density at radius 2 is 2.00 bits per heavy atom. The van der Waals surface area contributed by atoms with Crippen molar-refractivity contribution in [2.24, 2.45) is 0 Å². The molecule has 3 heteroatoms. The monoisotopic (exact) mass is 290 g/mol. The second-order valence-electron chi connectivity index (χ2n) is 3.89. The molecule has 1 nitrogen and oxygen atoms in total. The number of halogens is 1. The van der Waals surface area contributed by atoms with Gasteiger partial charge in [0, 0.05) is 15.4 Å². The number of aliphatic hydroxyl groups is 1. The largest absolute Gasteiger partial charge is 0.388 e. The van der Waals surface area contributed by atoms with Gasteiger partial charge in [-0.2, -0.15) is 11.3 Å². The van der Waals surface area contributed by atoms with Gasteiger partial charge in [0.1, 0.15) is 0 Å². The van der Waals surface area contributed by atoms with Crippen LogP contribution >= 0.6 is 27.3 Å². The first-order chi connectivity index (χ1) is 7.25. The summed E-state index contributed by atoms with van der Waals surface area (Å²) in [5.74, 6) is 0. The van der Waals surface area contributed by atoms with Gasteiger partial charge in [0.15, 0.2) is 0 Å². The quantitative estimate of drug-likeness (QED) is 0.708. The molecule has 1 unspecified atom stereocenters. The maximum Gasteiger partial charge on any atom is 0.0809 e. The molecule has 0 radical (unpaired) electrons. The van der Waals surface area contributed by atoms with Crippen molar-refractivity contribution in [3.05, 3.63) is 20.8 Å². The highest BCUT2D eigenvalue weighted by Gasteiger charge is 2.11. The third kappa shape index (κ3) is 4.66. The van der Waals surface area contributed by atoms with Crippen molar-refractivity contribution in [1.82, 2.24) is 0 Å². The first-order valence-corrected chi connectivity index (χ1v) is 7.39. The van der Waals surface area contributed by atoms with E-state index in [-0.39, 0.29) is 6.10 Å². The van der Waals surface area contributed by atoms with Crippen LogP contribution in [0.2, 0.25) is 0 Å². The number of hydrogen-bond donors (Lipinski definition) is 1. The van der Waals surface area contributed by atoms with E-state index in [1.165, 1.54) is 25.7 Å². The molecule has 0 bridgehead atoms. The van der Waals surface area contributed by atoms with Crippen LogP contribution in [0.5, 0.6) is 0 Å². The van der Waals surface area contributed by atoms with Gasteiger partial charge < -0.3 is 5.11 Å². The third-order valence-corrected chi connectivity index (χ3v) is 4.33. The summed E-state index contributed by atoms with van der Waals surface area (Å²) >= 11 is 5.09. The molecule has 86 valence electrons. The van der Waals surface area contributed by atoms with E-state index >= 15 is 0 Å². The van der Waals surface area contributed by atoms with Crippen LogP contribution in [0.4, 0.5) is 0 Å². The fraction of sp³-hybridized carbons (Fsp3) is 0.667. The molecule has 1 aromatic rings. The fourth-order valence-corrected chi connectivity index (χ4v) is 3.23. The summed E-state index contributed by atoms with van der Waals surface area (Å²) in [7, 11) is 0. The van der Waals surface area contributed by atoms with Crippen LogP contribution in [0.25, 0.3) is 0 Å². The van der Waals surface area contributed by atoms with Crippen LogP contribution in [0.1, 0.15) is 57.1 Å². The SMILES string of the molecule is CCCCCCCC(O)c1cscc1Br. The first kappa shape index (κ1) is 13.2. The summed E-state index contributed by atoms with van der Waals surface area (Å²) < 4.78 is 1.05. The maximum atomic E-state index is 9.92. The predicted molar refractivity (Wildman–Crippen MR) is 70.4 cm³/mol. The van der Waals surface area contributed by atoms with Crippen molar-refractivity contribution in [2.75, 3.05) is 0 Å². The van der Waals surface area contributed by atoms with E-state index in [4.69, 9.17) is 0 Å². The van der Waals surface area contributed by atoms with E-state index in [9.17, 15) is 5.11 Å². The smallest absolute Gasteiger partial charge is 0.0809 e.